The number of nitro benzene ring substituents is 1. The Kier molecular flexibility index (Phi) is 4.83. The summed E-state index contributed by atoms with van der Waals surface area (Å²) in [6.07, 6.45) is 3.29. The number of carbonyl (C=O) groups is 1. The first-order chi connectivity index (χ1) is 13.5. The van der Waals surface area contributed by atoms with E-state index in [1.54, 1.807) is 12.1 Å². The summed E-state index contributed by atoms with van der Waals surface area (Å²) in [6, 6.07) is 13.7. The number of aromatic nitrogens is 2. The Morgan fingerprint density at radius 3 is 2.79 bits per heavy atom. The van der Waals surface area contributed by atoms with Crippen molar-refractivity contribution in [3.63, 3.8) is 0 Å². The molecule has 0 aliphatic carbocycles. The Labute approximate surface area is 166 Å². The van der Waals surface area contributed by atoms with Crippen molar-refractivity contribution in [1.29, 1.82) is 0 Å². The molecule has 1 fully saturated rings. The van der Waals surface area contributed by atoms with Crippen LogP contribution in [0.4, 0.5) is 5.69 Å². The zero-order valence-corrected chi connectivity index (χ0v) is 15.6. The van der Waals surface area contributed by atoms with Crippen molar-refractivity contribution in [2.24, 2.45) is 0 Å². The predicted molar refractivity (Wildman–Crippen MR) is 105 cm³/mol. The first kappa shape index (κ1) is 18.2. The molecule has 7 nitrogen and oxygen atoms in total. The van der Waals surface area contributed by atoms with E-state index < -0.39 is 4.92 Å². The summed E-state index contributed by atoms with van der Waals surface area (Å²) in [5.74, 6) is 0.288. The molecular formula is C20H17ClN4O3. The standard InChI is InChI=1S/C20H17ClN4O3/c21-15-8-6-13(7-9-15)18-5-2-10-24(18)20(26)17-12-22-19(23-17)14-3-1-4-16(11-14)25(27)28/h1,3-4,6-9,11-12,18H,2,5,10H2,(H,22,23)/t18-/m1/s1. The van der Waals surface area contributed by atoms with Crippen molar-refractivity contribution in [2.75, 3.05) is 6.54 Å². The van der Waals surface area contributed by atoms with E-state index in [9.17, 15) is 14.9 Å². The minimum absolute atomic E-state index is 0.00525. The van der Waals surface area contributed by atoms with Gasteiger partial charge in [0.15, 0.2) is 0 Å². The van der Waals surface area contributed by atoms with Crippen molar-refractivity contribution in [2.45, 2.75) is 18.9 Å². The largest absolute Gasteiger partial charge is 0.334 e. The predicted octanol–water partition coefficient (Wildman–Crippen LogP) is 4.62. The fourth-order valence-corrected chi connectivity index (χ4v) is 3.67. The maximum Gasteiger partial charge on any atom is 0.272 e. The highest BCUT2D eigenvalue weighted by atomic mass is 35.5. The lowest BCUT2D eigenvalue weighted by Gasteiger charge is -2.24. The molecule has 0 spiro atoms. The van der Waals surface area contributed by atoms with E-state index in [1.807, 2.05) is 29.2 Å². The number of rotatable bonds is 4. The van der Waals surface area contributed by atoms with Gasteiger partial charge in [-0.1, -0.05) is 35.9 Å². The lowest BCUT2D eigenvalue weighted by Crippen LogP contribution is -2.30. The van der Waals surface area contributed by atoms with Crippen LogP contribution >= 0.6 is 11.6 Å². The molecule has 2 heterocycles. The number of aromatic amines is 1. The summed E-state index contributed by atoms with van der Waals surface area (Å²) < 4.78 is 0. The maximum atomic E-state index is 13.0. The number of halogens is 1. The molecule has 1 atom stereocenters. The van der Waals surface area contributed by atoms with Crippen LogP contribution in [0.3, 0.4) is 0 Å². The van der Waals surface area contributed by atoms with Gasteiger partial charge in [-0.25, -0.2) is 4.98 Å². The van der Waals surface area contributed by atoms with Crippen LogP contribution in [0.15, 0.2) is 54.7 Å². The van der Waals surface area contributed by atoms with Crippen LogP contribution in [0.5, 0.6) is 0 Å². The third-order valence-electron chi connectivity index (χ3n) is 4.91. The summed E-state index contributed by atoms with van der Waals surface area (Å²) in [7, 11) is 0. The van der Waals surface area contributed by atoms with Gasteiger partial charge in [0.25, 0.3) is 11.6 Å². The minimum atomic E-state index is -0.459. The average molecular weight is 397 g/mol. The fourth-order valence-electron chi connectivity index (χ4n) is 3.54. The highest BCUT2D eigenvalue weighted by Gasteiger charge is 2.31. The van der Waals surface area contributed by atoms with Gasteiger partial charge in [0.1, 0.15) is 11.5 Å². The molecule has 1 amide bonds. The molecule has 2 aromatic carbocycles. The quantitative estimate of drug-likeness (QED) is 0.514. The molecule has 28 heavy (non-hydrogen) atoms. The molecule has 0 radical (unpaired) electrons. The van der Waals surface area contributed by atoms with Crippen LogP contribution in [0.2, 0.25) is 5.02 Å². The minimum Gasteiger partial charge on any atom is -0.334 e. The Morgan fingerprint density at radius 1 is 1.25 bits per heavy atom. The lowest BCUT2D eigenvalue weighted by atomic mass is 10.0. The summed E-state index contributed by atoms with van der Waals surface area (Å²) in [4.78, 5) is 32.6. The van der Waals surface area contributed by atoms with Gasteiger partial charge in [0, 0.05) is 29.3 Å². The first-order valence-corrected chi connectivity index (χ1v) is 9.27. The lowest BCUT2D eigenvalue weighted by molar-refractivity contribution is -0.384. The number of amides is 1. The van der Waals surface area contributed by atoms with Crippen LogP contribution in [0.25, 0.3) is 11.4 Å². The van der Waals surface area contributed by atoms with Gasteiger partial charge < -0.3 is 9.88 Å². The average Bonchev–Trinajstić information content (AvgIpc) is 3.38. The number of carbonyl (C=O) groups excluding carboxylic acids is 1. The summed E-state index contributed by atoms with van der Waals surface area (Å²) >= 11 is 5.97. The van der Waals surface area contributed by atoms with Crippen molar-refractivity contribution in [3.05, 3.63) is 81.1 Å². The second-order valence-corrected chi connectivity index (χ2v) is 7.10. The molecule has 8 heteroatoms. The van der Waals surface area contributed by atoms with E-state index in [-0.39, 0.29) is 17.6 Å². The summed E-state index contributed by atoms with van der Waals surface area (Å²) in [5, 5.41) is 11.6. The Morgan fingerprint density at radius 2 is 2.04 bits per heavy atom. The number of nitrogens with zero attached hydrogens (tertiary/aromatic N) is 3. The SMILES string of the molecule is O=C(c1cnc(-c2cccc([N+](=O)[O-])c2)[nH]1)N1CCC[C@@H]1c1ccc(Cl)cc1. The highest BCUT2D eigenvalue weighted by Crippen LogP contribution is 2.33. The molecule has 1 N–H and O–H groups in total. The molecule has 1 aliphatic rings. The number of nitrogens with one attached hydrogen (secondary N) is 1. The van der Waals surface area contributed by atoms with E-state index in [0.29, 0.717) is 28.6 Å². The van der Waals surface area contributed by atoms with Crippen molar-refractivity contribution >= 4 is 23.2 Å². The normalized spacial score (nSPS) is 16.3. The monoisotopic (exact) mass is 396 g/mol. The molecule has 0 unspecified atom stereocenters. The topological polar surface area (TPSA) is 92.1 Å². The molecule has 3 aromatic rings. The van der Waals surface area contributed by atoms with Gasteiger partial charge in [-0.05, 0) is 30.5 Å². The number of benzene rings is 2. The van der Waals surface area contributed by atoms with Gasteiger partial charge in [0.2, 0.25) is 0 Å². The van der Waals surface area contributed by atoms with E-state index in [4.69, 9.17) is 11.6 Å². The van der Waals surface area contributed by atoms with E-state index in [1.165, 1.54) is 18.3 Å². The van der Waals surface area contributed by atoms with Crippen molar-refractivity contribution < 1.29 is 9.72 Å². The van der Waals surface area contributed by atoms with Gasteiger partial charge in [0.05, 0.1) is 17.2 Å². The molecule has 4 rings (SSSR count). The van der Waals surface area contributed by atoms with Crippen LogP contribution in [-0.4, -0.2) is 32.2 Å². The first-order valence-electron chi connectivity index (χ1n) is 8.89. The number of hydrogen-bond donors (Lipinski definition) is 1. The Hall–Kier alpha value is -3.19. The number of likely N-dealkylation sites (tertiary alicyclic amines) is 1. The van der Waals surface area contributed by atoms with E-state index in [2.05, 4.69) is 9.97 Å². The third-order valence-corrected chi connectivity index (χ3v) is 5.16. The van der Waals surface area contributed by atoms with Crippen LogP contribution in [0, 0.1) is 10.1 Å². The van der Waals surface area contributed by atoms with Crippen LogP contribution < -0.4 is 0 Å². The molecular weight excluding hydrogens is 380 g/mol. The number of nitro groups is 1. The van der Waals surface area contributed by atoms with Crippen molar-refractivity contribution in [3.8, 4) is 11.4 Å². The molecule has 0 saturated carbocycles. The van der Waals surface area contributed by atoms with E-state index >= 15 is 0 Å². The zero-order chi connectivity index (χ0) is 19.7. The second kappa shape index (κ2) is 7.44. The molecule has 0 bridgehead atoms. The number of non-ortho nitro benzene ring substituents is 1. The second-order valence-electron chi connectivity index (χ2n) is 6.66. The summed E-state index contributed by atoms with van der Waals surface area (Å²) in [6.45, 7) is 0.664. The molecule has 1 aliphatic heterocycles. The molecule has 1 aromatic heterocycles. The number of H-pyrrole nitrogens is 1. The van der Waals surface area contributed by atoms with Gasteiger partial charge in [-0.3, -0.25) is 14.9 Å². The smallest absolute Gasteiger partial charge is 0.272 e. The third kappa shape index (κ3) is 3.48. The zero-order valence-electron chi connectivity index (χ0n) is 14.8. The highest BCUT2D eigenvalue weighted by molar-refractivity contribution is 6.30. The van der Waals surface area contributed by atoms with Crippen LogP contribution in [0.1, 0.15) is 34.9 Å². The van der Waals surface area contributed by atoms with Gasteiger partial charge >= 0.3 is 0 Å². The number of hydrogen-bond acceptors (Lipinski definition) is 4. The van der Waals surface area contributed by atoms with E-state index in [0.717, 1.165) is 18.4 Å². The van der Waals surface area contributed by atoms with Gasteiger partial charge in [-0.15, -0.1) is 0 Å². The molecule has 142 valence electrons. The Bertz CT molecular complexity index is 1030. The fraction of sp³-hybridized carbons (Fsp3) is 0.200. The van der Waals surface area contributed by atoms with Crippen molar-refractivity contribution in [1.82, 2.24) is 14.9 Å². The number of imidazole rings is 1. The van der Waals surface area contributed by atoms with Crippen LogP contribution in [-0.2, 0) is 0 Å². The molecule has 1 saturated heterocycles. The maximum absolute atomic E-state index is 13.0. The Balaban J connectivity index is 1.58. The summed E-state index contributed by atoms with van der Waals surface area (Å²) in [5.41, 5.74) is 1.95. The van der Waals surface area contributed by atoms with Gasteiger partial charge in [-0.2, -0.15) is 0 Å².